The fourth-order valence-electron chi connectivity index (χ4n) is 16.0. The molecule has 4 fully saturated rings. The summed E-state index contributed by atoms with van der Waals surface area (Å²) in [6.45, 7) is 33.2. The third kappa shape index (κ3) is 20.3. The summed E-state index contributed by atoms with van der Waals surface area (Å²) in [5.74, 6) is 1.20. The Kier molecular flexibility index (Phi) is 31.5. The lowest BCUT2D eigenvalue weighted by Gasteiger charge is -2.46. The van der Waals surface area contributed by atoms with Crippen LogP contribution in [-0.4, -0.2) is 218 Å². The van der Waals surface area contributed by atoms with E-state index in [9.17, 15) is 81.7 Å². The third-order valence-corrected chi connectivity index (χ3v) is 22.1. The van der Waals surface area contributed by atoms with Gasteiger partial charge in [-0.25, -0.2) is 0 Å². The number of hydrogen-bond donors (Lipinski definition) is 16. The summed E-state index contributed by atoms with van der Waals surface area (Å²) in [6.07, 6.45) is -9.65. The van der Waals surface area contributed by atoms with Crippen molar-refractivity contribution in [3.63, 3.8) is 0 Å². The predicted octanol–water partition coefficient (Wildman–Crippen LogP) is 8.28. The van der Waals surface area contributed by atoms with Gasteiger partial charge in [0.05, 0.1) is 25.4 Å². The van der Waals surface area contributed by atoms with Crippen molar-refractivity contribution in [1.82, 2.24) is 0 Å². The van der Waals surface area contributed by atoms with Gasteiger partial charge in [0.2, 0.25) is 18.9 Å². The van der Waals surface area contributed by atoms with Crippen molar-refractivity contribution in [2.45, 2.75) is 307 Å². The fraction of sp³-hybridized carbons (Fsp3) is 0.639. The zero-order chi connectivity index (χ0) is 78.7. The molecule has 3 aliphatic carbocycles. The quantitative estimate of drug-likeness (QED) is 0.0375. The van der Waals surface area contributed by atoms with Crippen LogP contribution in [0.3, 0.4) is 0 Å². The average molecular weight is 1500 g/mol. The largest absolute Gasteiger partial charge is 0.507 e. The third-order valence-electron chi connectivity index (χ3n) is 22.1. The number of aliphatic hydroxyl groups excluding tert-OH is 13. The van der Waals surface area contributed by atoms with Crippen LogP contribution in [0.1, 0.15) is 198 Å². The molecule has 0 spiro atoms. The smallest absolute Gasteiger partial charge is 0.229 e. The minimum Gasteiger partial charge on any atom is -0.507 e. The molecule has 16 N–H and O–H groups in total. The number of rotatable bonds is 24. The molecular formula is C83H122O24. The highest BCUT2D eigenvalue weighted by atomic mass is 16.7. The monoisotopic (exact) mass is 1500 g/mol. The van der Waals surface area contributed by atoms with Crippen LogP contribution in [0.25, 0.3) is 0 Å². The van der Waals surface area contributed by atoms with Gasteiger partial charge in [-0.2, -0.15) is 0 Å². The Morgan fingerprint density at radius 1 is 0.383 bits per heavy atom. The fourth-order valence-corrected chi connectivity index (χ4v) is 16.0. The number of aromatic hydroxyl groups is 3. The summed E-state index contributed by atoms with van der Waals surface area (Å²) in [5, 5.41) is 168. The summed E-state index contributed by atoms with van der Waals surface area (Å²) >= 11 is 0. The average Bonchev–Trinajstić information content (AvgIpc) is 0.781. The van der Waals surface area contributed by atoms with E-state index in [4.69, 9.17) is 37.9 Å². The van der Waals surface area contributed by atoms with E-state index in [1.54, 1.807) is 25.1 Å². The molecule has 26 atom stereocenters. The summed E-state index contributed by atoms with van der Waals surface area (Å²) in [4.78, 5) is 0. The Morgan fingerprint density at radius 2 is 0.664 bits per heavy atom. The number of benzene rings is 3. The first-order chi connectivity index (χ1) is 50.7. The number of phenols is 3. The maximum Gasteiger partial charge on any atom is 0.229 e. The molecule has 0 radical (unpaired) electrons. The Hall–Kier alpha value is -5.82. The molecule has 24 nitrogen and oxygen atoms in total. The van der Waals surface area contributed by atoms with Crippen LogP contribution in [0.4, 0.5) is 0 Å². The minimum absolute atomic E-state index is 0.0543. The van der Waals surface area contributed by atoms with Gasteiger partial charge < -0.3 is 120 Å². The SMILES string of the molecule is C=C(C)[C@@H]1CCC(C)=C[C@H]1c1c(O)cc(CCC)cc1O[C@@H]1O[C@H](CC)[C@@H](O)[C@H](O)[C@H]1O.C=C(C)[C@@H]1CCC(C)=C[C@H]1c1c(O)cc(CCC)cc1O[C@@H]1O[C@H](CC)[C@@H](O)[C@H](O[C@@H]2O[C@H](CO)[C@@H](O)[C@H](O)[C@H]2O)[C@H]1O.C=C(C)[C@@H]1CCC(C)=C[C@H]1c1c(O)cc(CCC)cc1O[C@@H]1O[C@H](CO)[C@@H](O)[C@H](O)[C@H]1O. The first-order valence-corrected chi connectivity index (χ1v) is 38.3. The van der Waals surface area contributed by atoms with Crippen molar-refractivity contribution in [1.29, 1.82) is 0 Å². The highest BCUT2D eigenvalue weighted by molar-refractivity contribution is 5.55. The predicted molar refractivity (Wildman–Crippen MR) is 401 cm³/mol. The zero-order valence-corrected chi connectivity index (χ0v) is 64.1. The normalized spacial score (nSPS) is 35.2. The lowest BCUT2D eigenvalue weighted by atomic mass is 9.73. The van der Waals surface area contributed by atoms with Gasteiger partial charge >= 0.3 is 0 Å². The molecule has 3 aromatic carbocycles. The summed E-state index contributed by atoms with van der Waals surface area (Å²) in [5.41, 5.74) is 11.1. The molecule has 4 saturated heterocycles. The minimum atomic E-state index is -1.73. The van der Waals surface area contributed by atoms with Crippen LogP contribution >= 0.6 is 0 Å². The molecule has 4 aliphatic heterocycles. The number of ether oxygens (including phenoxy) is 8. The summed E-state index contributed by atoms with van der Waals surface area (Å²) in [6, 6.07) is 10.8. The van der Waals surface area contributed by atoms with Crippen molar-refractivity contribution in [2.24, 2.45) is 17.8 Å². The van der Waals surface area contributed by atoms with E-state index >= 15 is 0 Å². The highest BCUT2D eigenvalue weighted by Gasteiger charge is 2.53. The molecule has 0 amide bonds. The topological polar surface area (TPSA) is 398 Å². The Bertz CT molecular complexity index is 3410. The Labute approximate surface area is 630 Å². The van der Waals surface area contributed by atoms with Crippen molar-refractivity contribution in [2.75, 3.05) is 13.2 Å². The van der Waals surface area contributed by atoms with Crippen LogP contribution in [-0.2, 0) is 42.9 Å². The molecule has 24 heteroatoms. The highest BCUT2D eigenvalue weighted by Crippen LogP contribution is 2.52. The van der Waals surface area contributed by atoms with Gasteiger partial charge in [-0.05, 0) is 183 Å². The van der Waals surface area contributed by atoms with E-state index < -0.39 is 136 Å². The van der Waals surface area contributed by atoms with Gasteiger partial charge in [0.1, 0.15) is 120 Å². The second-order valence-electron chi connectivity index (χ2n) is 30.6. The first-order valence-electron chi connectivity index (χ1n) is 38.3. The zero-order valence-electron chi connectivity index (χ0n) is 64.1. The molecule has 0 saturated carbocycles. The van der Waals surface area contributed by atoms with Gasteiger partial charge in [0, 0.05) is 34.4 Å². The van der Waals surface area contributed by atoms with E-state index in [1.807, 2.05) is 66.7 Å². The van der Waals surface area contributed by atoms with Crippen molar-refractivity contribution < 1.29 is 120 Å². The number of aryl methyl sites for hydroxylation is 3. The van der Waals surface area contributed by atoms with Gasteiger partial charge in [-0.3, -0.25) is 0 Å². The Morgan fingerprint density at radius 3 is 0.963 bits per heavy atom. The van der Waals surface area contributed by atoms with E-state index in [1.165, 1.54) is 16.7 Å². The lowest BCUT2D eigenvalue weighted by molar-refractivity contribution is -0.351. The number of aliphatic hydroxyl groups is 13. The Balaban J connectivity index is 0.000000206. The van der Waals surface area contributed by atoms with Crippen LogP contribution in [0.5, 0.6) is 34.5 Å². The second-order valence-corrected chi connectivity index (χ2v) is 30.6. The van der Waals surface area contributed by atoms with E-state index in [0.29, 0.717) is 53.2 Å². The van der Waals surface area contributed by atoms with Crippen molar-refractivity contribution >= 4 is 0 Å². The standard InChI is InChI=1S/C32H48O11.C26H38O6.C25H36O7/c1-6-8-17-12-20(34)24(19-11-16(5)9-10-18(19)15(3)4)22(13-17)41-32-29(39)30(26(36)21(7-2)40-32)43-31-28(38)27(37)25(35)23(14-33)42-31;1-6-8-16-12-19(27)22(18-11-15(5)9-10-17(18)14(3)4)21(13-16)32-26-25(30)24(29)23(28)20(7-2)31-26;1-5-6-15-10-18(27)21(17-9-14(4)7-8-16(17)13(2)3)19(11-15)31-25-24(30)23(29)22(28)20(12-26)32-25/h11-13,18-19,21,23,25-39H,3,6-10,14H2,1-2,4-5H3;11-13,17-18,20,23-30H,3,6-10H2,1-2,4-5H3;9-11,16-17,20,22-30H,2,5-8,12H2,1,3-4H3/t18-,19+,21+,23+,25+,26+,27-,28+,29+,30-,31-,32-;17-,18+,20+,23+,24-,25+,26-;16-,17+,20+,22+,23-,24+,25+/m000/s1. The van der Waals surface area contributed by atoms with Crippen molar-refractivity contribution in [3.05, 3.63) is 141 Å². The molecule has 0 unspecified atom stereocenters. The molecule has 107 heavy (non-hydrogen) atoms. The summed E-state index contributed by atoms with van der Waals surface area (Å²) in [7, 11) is 0. The maximum absolute atomic E-state index is 11.4. The molecule has 598 valence electrons. The second kappa shape index (κ2) is 38.9. The molecule has 0 bridgehead atoms. The number of phenolic OH excluding ortho intramolecular Hbond substituents is 3. The van der Waals surface area contributed by atoms with Crippen LogP contribution in [0, 0.1) is 17.8 Å². The van der Waals surface area contributed by atoms with Gasteiger partial charge in [0.25, 0.3) is 0 Å². The van der Waals surface area contributed by atoms with Crippen LogP contribution in [0.15, 0.2) is 108 Å². The first kappa shape index (κ1) is 86.8. The molecule has 3 aromatic rings. The van der Waals surface area contributed by atoms with Crippen LogP contribution < -0.4 is 14.2 Å². The summed E-state index contributed by atoms with van der Waals surface area (Å²) < 4.78 is 47.3. The van der Waals surface area contributed by atoms with Gasteiger partial charge in [0.15, 0.2) is 6.29 Å². The van der Waals surface area contributed by atoms with E-state index in [-0.39, 0.29) is 52.8 Å². The maximum atomic E-state index is 11.4. The van der Waals surface area contributed by atoms with Gasteiger partial charge in [-0.15, -0.1) is 0 Å². The lowest BCUT2D eigenvalue weighted by Crippen LogP contribution is -2.64. The molecule has 0 aromatic heterocycles. The molecule has 10 rings (SSSR count). The van der Waals surface area contributed by atoms with Gasteiger partial charge in [-0.1, -0.05) is 125 Å². The van der Waals surface area contributed by atoms with Crippen molar-refractivity contribution in [3.8, 4) is 34.5 Å². The number of hydrogen-bond acceptors (Lipinski definition) is 24. The number of allylic oxidation sites excluding steroid dienone is 9. The molecule has 7 aliphatic rings. The van der Waals surface area contributed by atoms with E-state index in [2.05, 4.69) is 58.7 Å². The molecule has 4 heterocycles. The van der Waals surface area contributed by atoms with E-state index in [0.717, 1.165) is 104 Å². The molecular weight excluding hydrogens is 1380 g/mol. The van der Waals surface area contributed by atoms with Crippen LogP contribution in [0.2, 0.25) is 0 Å².